The third-order valence-corrected chi connectivity index (χ3v) is 3.80. The van der Waals surface area contributed by atoms with Crippen molar-refractivity contribution in [3.05, 3.63) is 35.4 Å². The van der Waals surface area contributed by atoms with Crippen molar-refractivity contribution in [1.82, 2.24) is 0 Å². The highest BCUT2D eigenvalue weighted by molar-refractivity contribution is 6.84. The number of carbonyl (C=O) groups excluding carboxylic acids is 1. The maximum absolute atomic E-state index is 12.3. The molecule has 0 unspecified atom stereocenters. The highest BCUT2D eigenvalue weighted by atomic mass is 28.3. The van der Waals surface area contributed by atoms with Crippen LogP contribution in [0, 0.1) is 11.5 Å². The minimum Gasteiger partial charge on any atom is -0.291 e. The number of hydrogen-bond donors (Lipinski definition) is 0. The summed E-state index contributed by atoms with van der Waals surface area (Å²) in [5, 5.41) is 0. The first kappa shape index (κ1) is 13.8. The number of Topliss-reactive ketones (excluding diaryl/α,β-unsaturated/α-hetero) is 1. The molecule has 2 nitrogen and oxygen atoms in total. The van der Waals surface area contributed by atoms with Crippen LogP contribution in [0.2, 0.25) is 19.6 Å². The Balaban J connectivity index is 2.59. The van der Waals surface area contributed by atoms with E-state index in [0.29, 0.717) is 0 Å². The van der Waals surface area contributed by atoms with E-state index < -0.39 is 13.6 Å². The van der Waals surface area contributed by atoms with E-state index in [2.05, 4.69) is 36.1 Å². The second kappa shape index (κ2) is 4.46. The molecule has 0 radical (unpaired) electrons. The highest BCUT2D eigenvalue weighted by Gasteiger charge is 2.34. The third-order valence-electron chi connectivity index (χ3n) is 2.93. The fraction of sp³-hybridized carbons (Fsp3) is 0.375. The average Bonchev–Trinajstić information content (AvgIpc) is 2.31. The van der Waals surface area contributed by atoms with Gasteiger partial charge in [0.25, 0.3) is 0 Å². The zero-order chi connectivity index (χ0) is 14.3. The Bertz CT molecular complexity index is 624. The molecule has 1 aliphatic heterocycles. The summed E-state index contributed by atoms with van der Waals surface area (Å²) in [6.07, 6.45) is 0. The lowest BCUT2D eigenvalue weighted by molar-refractivity contribution is 0.0912. The molecule has 1 aromatic rings. The summed E-state index contributed by atoms with van der Waals surface area (Å²) in [4.78, 5) is 16.9. The molecule has 1 heterocycles. The highest BCUT2D eigenvalue weighted by Crippen LogP contribution is 2.26. The summed E-state index contributed by atoms with van der Waals surface area (Å²) < 4.78 is 0. The summed E-state index contributed by atoms with van der Waals surface area (Å²) in [6.45, 7) is 10.3. The van der Waals surface area contributed by atoms with Gasteiger partial charge in [0.05, 0.1) is 0 Å². The summed E-state index contributed by atoms with van der Waals surface area (Å²) >= 11 is 0. The van der Waals surface area contributed by atoms with Crippen molar-refractivity contribution in [3.63, 3.8) is 0 Å². The van der Waals surface area contributed by atoms with Crippen LogP contribution < -0.4 is 0 Å². The molecule has 3 heteroatoms. The second-order valence-electron chi connectivity index (χ2n) is 6.39. The number of nitrogens with zero attached hydrogens (tertiary/aromatic N) is 1. The molecule has 0 saturated heterocycles. The van der Waals surface area contributed by atoms with Crippen molar-refractivity contribution < 1.29 is 4.79 Å². The number of fused-ring (bicyclic) bond motifs is 1. The topological polar surface area (TPSA) is 29.4 Å². The lowest BCUT2D eigenvalue weighted by Gasteiger charge is -2.25. The van der Waals surface area contributed by atoms with Gasteiger partial charge in [-0.15, -0.1) is 5.54 Å². The van der Waals surface area contributed by atoms with Gasteiger partial charge in [-0.25, -0.2) is 0 Å². The van der Waals surface area contributed by atoms with Crippen molar-refractivity contribution in [2.75, 3.05) is 0 Å². The van der Waals surface area contributed by atoms with Crippen molar-refractivity contribution in [1.29, 1.82) is 0 Å². The molecule has 2 rings (SSSR count). The largest absolute Gasteiger partial charge is 0.291 e. The number of aliphatic imine (C=N–C) groups is 1. The Kier molecular flexibility index (Phi) is 3.23. The van der Waals surface area contributed by atoms with Gasteiger partial charge in [-0.3, -0.25) is 9.79 Å². The summed E-state index contributed by atoms with van der Waals surface area (Å²) in [5.41, 5.74) is 4.98. The zero-order valence-corrected chi connectivity index (χ0v) is 13.2. The van der Waals surface area contributed by atoms with E-state index in [-0.39, 0.29) is 5.78 Å². The van der Waals surface area contributed by atoms with Crippen LogP contribution in [0.1, 0.15) is 29.8 Å². The van der Waals surface area contributed by atoms with Gasteiger partial charge in [0.2, 0.25) is 0 Å². The number of benzene rings is 1. The molecule has 19 heavy (non-hydrogen) atoms. The first-order valence-electron chi connectivity index (χ1n) is 6.48. The van der Waals surface area contributed by atoms with Gasteiger partial charge in [-0.05, 0) is 13.8 Å². The average molecular weight is 269 g/mol. The molecule has 98 valence electrons. The molecule has 0 bridgehead atoms. The van der Waals surface area contributed by atoms with Gasteiger partial charge in [0.15, 0.2) is 5.78 Å². The summed E-state index contributed by atoms with van der Waals surface area (Å²) in [6, 6.07) is 7.61. The van der Waals surface area contributed by atoms with E-state index in [9.17, 15) is 4.79 Å². The van der Waals surface area contributed by atoms with Crippen LogP contribution in [-0.4, -0.2) is 25.1 Å². The number of carbonyl (C=O) groups is 1. The lowest BCUT2D eigenvalue weighted by Crippen LogP contribution is -2.36. The predicted octanol–water partition coefficient (Wildman–Crippen LogP) is 3.33. The van der Waals surface area contributed by atoms with E-state index >= 15 is 0 Å². The van der Waals surface area contributed by atoms with Crippen LogP contribution in [0.3, 0.4) is 0 Å². The minimum absolute atomic E-state index is 0.0710. The monoisotopic (exact) mass is 269 g/mol. The van der Waals surface area contributed by atoms with Gasteiger partial charge in [-0.1, -0.05) is 49.8 Å². The minimum atomic E-state index is -1.45. The quantitative estimate of drug-likeness (QED) is 0.525. The molecule has 0 aromatic heterocycles. The molecule has 0 saturated carbocycles. The zero-order valence-electron chi connectivity index (χ0n) is 12.2. The van der Waals surface area contributed by atoms with Crippen LogP contribution in [-0.2, 0) is 0 Å². The number of hydrogen-bond acceptors (Lipinski definition) is 2. The van der Waals surface area contributed by atoms with E-state index in [4.69, 9.17) is 0 Å². The van der Waals surface area contributed by atoms with Gasteiger partial charge in [-0.2, -0.15) is 0 Å². The van der Waals surface area contributed by atoms with E-state index in [0.717, 1.165) is 16.8 Å². The SMILES string of the molecule is CC1(C)N=C(C#C[Si](C)(C)C)c2ccccc2C1=O. The molecule has 1 aromatic carbocycles. The van der Waals surface area contributed by atoms with Crippen LogP contribution >= 0.6 is 0 Å². The Morgan fingerprint density at radius 2 is 1.68 bits per heavy atom. The first-order chi connectivity index (χ1) is 8.71. The fourth-order valence-corrected chi connectivity index (χ4v) is 2.44. The Labute approximate surface area is 116 Å². The standard InChI is InChI=1S/C16H19NOSi/c1-16(2)15(18)13-9-7-6-8-12(13)14(17-16)10-11-19(3,4)5/h6-9H,1-5H3. The predicted molar refractivity (Wildman–Crippen MR) is 82.5 cm³/mol. The molecule has 0 atom stereocenters. The second-order valence-corrected chi connectivity index (χ2v) is 11.1. The van der Waals surface area contributed by atoms with Gasteiger partial charge >= 0.3 is 0 Å². The Hall–Kier alpha value is -1.66. The molecular formula is C16H19NOSi. The van der Waals surface area contributed by atoms with Crippen molar-refractivity contribution in [2.24, 2.45) is 4.99 Å². The van der Waals surface area contributed by atoms with Gasteiger partial charge < -0.3 is 0 Å². The maximum atomic E-state index is 12.3. The number of rotatable bonds is 0. The molecule has 0 spiro atoms. The third kappa shape index (κ3) is 2.85. The number of ketones is 1. The fourth-order valence-electron chi connectivity index (χ4n) is 1.95. The molecule has 0 N–H and O–H groups in total. The molecule has 0 amide bonds. The summed E-state index contributed by atoms with van der Waals surface area (Å²) in [7, 11) is -1.45. The van der Waals surface area contributed by atoms with Crippen molar-refractivity contribution in [3.8, 4) is 11.5 Å². The van der Waals surface area contributed by atoms with E-state index in [1.54, 1.807) is 0 Å². The molecular weight excluding hydrogens is 250 g/mol. The van der Waals surface area contributed by atoms with Crippen molar-refractivity contribution >= 4 is 19.6 Å². The normalized spacial score (nSPS) is 17.1. The maximum Gasteiger partial charge on any atom is 0.190 e. The van der Waals surface area contributed by atoms with Crippen LogP contribution in [0.5, 0.6) is 0 Å². The van der Waals surface area contributed by atoms with E-state index in [1.165, 1.54) is 0 Å². The van der Waals surface area contributed by atoms with Crippen LogP contribution in [0.25, 0.3) is 0 Å². The molecule has 0 fully saturated rings. The van der Waals surface area contributed by atoms with E-state index in [1.807, 2.05) is 38.1 Å². The first-order valence-corrected chi connectivity index (χ1v) is 9.98. The molecule has 1 aliphatic rings. The Morgan fingerprint density at radius 1 is 1.11 bits per heavy atom. The molecule has 0 aliphatic carbocycles. The van der Waals surface area contributed by atoms with Crippen molar-refractivity contribution in [2.45, 2.75) is 39.0 Å². The van der Waals surface area contributed by atoms with Crippen LogP contribution in [0.4, 0.5) is 0 Å². The van der Waals surface area contributed by atoms with Crippen LogP contribution in [0.15, 0.2) is 29.3 Å². The van der Waals surface area contributed by atoms with Gasteiger partial charge in [0.1, 0.15) is 19.3 Å². The summed E-state index contributed by atoms with van der Waals surface area (Å²) in [5.74, 6) is 3.27. The lowest BCUT2D eigenvalue weighted by atomic mass is 9.86. The van der Waals surface area contributed by atoms with Gasteiger partial charge in [0, 0.05) is 11.1 Å². The smallest absolute Gasteiger partial charge is 0.190 e. The Morgan fingerprint density at radius 3 is 2.26 bits per heavy atom.